The average Bonchev–Trinajstić information content (AvgIpc) is 3.58. The number of ether oxygens (including phenoxy) is 4. The maximum Gasteiger partial charge on any atom is 0.317 e. The number of aromatic nitrogens is 5. The summed E-state index contributed by atoms with van der Waals surface area (Å²) in [6.45, 7) is 7.09. The summed E-state index contributed by atoms with van der Waals surface area (Å²) in [4.78, 5) is 25.6. The first-order valence-electron chi connectivity index (χ1n) is 13.0. The Morgan fingerprint density at radius 3 is 2.51 bits per heavy atom. The molecular weight excluding hydrogens is 518 g/mol. The van der Waals surface area contributed by atoms with Crippen LogP contribution in [0.5, 0.6) is 11.9 Å². The Kier molecular flexibility index (Phi) is 8.80. The molecule has 1 aliphatic carbocycles. The number of nitrogens with zero attached hydrogens (tertiary/aromatic N) is 5. The lowest BCUT2D eigenvalue weighted by atomic mass is 10.1. The maximum absolute atomic E-state index is 12.0. The van der Waals surface area contributed by atoms with Gasteiger partial charge in [-0.05, 0) is 70.1 Å². The summed E-state index contributed by atoms with van der Waals surface area (Å²) >= 11 is 0. The van der Waals surface area contributed by atoms with Crippen LogP contribution in [0, 0.1) is 12.3 Å². The molecule has 1 fully saturated rings. The van der Waals surface area contributed by atoms with Crippen molar-refractivity contribution in [1.82, 2.24) is 24.7 Å². The van der Waals surface area contributed by atoms with Crippen molar-refractivity contribution in [2.75, 3.05) is 44.8 Å². The second-order valence-electron chi connectivity index (χ2n) is 11.0. The van der Waals surface area contributed by atoms with Gasteiger partial charge in [-0.2, -0.15) is 9.67 Å². The molecule has 3 heterocycles. The van der Waals surface area contributed by atoms with Gasteiger partial charge in [0, 0.05) is 35.3 Å². The highest BCUT2D eigenvalue weighted by atomic mass is 32.3. The van der Waals surface area contributed by atoms with Crippen LogP contribution in [0.4, 0.5) is 0 Å². The highest BCUT2D eigenvalue weighted by Gasteiger charge is 2.52. The summed E-state index contributed by atoms with van der Waals surface area (Å²) in [5.74, 6) is 1.79. The molecular formula is C28H39N5O5S. The molecule has 1 saturated carbocycles. The van der Waals surface area contributed by atoms with E-state index in [1.54, 1.807) is 17.1 Å². The number of rotatable bonds is 13. The minimum atomic E-state index is -0.627. The van der Waals surface area contributed by atoms with E-state index >= 15 is 0 Å². The van der Waals surface area contributed by atoms with E-state index < -0.39 is 15.4 Å². The third-order valence-corrected chi connectivity index (χ3v) is 7.78. The van der Waals surface area contributed by atoms with Crippen LogP contribution < -0.4 is 9.47 Å². The third-order valence-electron chi connectivity index (χ3n) is 6.38. The number of carbonyl (C=O) groups is 1. The quantitative estimate of drug-likeness (QED) is 0.222. The van der Waals surface area contributed by atoms with Gasteiger partial charge in [0.05, 0.1) is 25.5 Å². The smallest absolute Gasteiger partial charge is 0.317 e. The summed E-state index contributed by atoms with van der Waals surface area (Å²) in [5.41, 5.74) is 2.87. The minimum Gasteiger partial charge on any atom is -0.476 e. The zero-order valence-electron chi connectivity index (χ0n) is 23.9. The van der Waals surface area contributed by atoms with E-state index in [2.05, 4.69) is 38.8 Å². The fraction of sp³-hybridized carbons (Fsp3) is 0.536. The fourth-order valence-corrected chi connectivity index (χ4v) is 4.46. The zero-order chi connectivity index (χ0) is 28.2. The Balaban J connectivity index is 1.44. The van der Waals surface area contributed by atoms with Gasteiger partial charge in [0.1, 0.15) is 18.8 Å². The first kappa shape index (κ1) is 28.8. The van der Waals surface area contributed by atoms with E-state index in [-0.39, 0.29) is 25.4 Å². The molecule has 0 atom stereocenters. The number of esters is 1. The van der Waals surface area contributed by atoms with E-state index in [9.17, 15) is 4.79 Å². The molecule has 10 nitrogen and oxygen atoms in total. The fourth-order valence-electron chi connectivity index (χ4n) is 3.84. The van der Waals surface area contributed by atoms with E-state index in [4.69, 9.17) is 18.9 Å². The van der Waals surface area contributed by atoms with Crippen LogP contribution in [0.1, 0.15) is 32.3 Å². The van der Waals surface area contributed by atoms with Crippen molar-refractivity contribution >= 4 is 16.0 Å². The second-order valence-corrected chi connectivity index (χ2v) is 15.6. The number of carbonyl (C=O) groups excluding carboxylic acids is 1. The van der Waals surface area contributed by atoms with Crippen LogP contribution >= 0.6 is 10.0 Å². The van der Waals surface area contributed by atoms with Gasteiger partial charge in [0.2, 0.25) is 5.88 Å². The van der Waals surface area contributed by atoms with Crippen LogP contribution in [-0.4, -0.2) is 81.6 Å². The molecule has 4 rings (SSSR count). The van der Waals surface area contributed by atoms with Crippen molar-refractivity contribution in [2.45, 2.75) is 46.4 Å². The van der Waals surface area contributed by atoms with Gasteiger partial charge >= 0.3 is 12.0 Å². The molecule has 3 aromatic heterocycles. The molecule has 0 aromatic carbocycles. The van der Waals surface area contributed by atoms with Gasteiger partial charge in [0.15, 0.2) is 5.82 Å². The Bertz CT molecular complexity index is 1280. The summed E-state index contributed by atoms with van der Waals surface area (Å²) in [7, 11) is 0.778. The van der Waals surface area contributed by atoms with Gasteiger partial charge < -0.3 is 18.9 Å². The van der Waals surface area contributed by atoms with Crippen molar-refractivity contribution in [3.05, 3.63) is 36.2 Å². The highest BCUT2D eigenvalue weighted by molar-refractivity contribution is 8.32. The molecule has 0 saturated heterocycles. The minimum absolute atomic E-state index is 0.0435. The molecule has 3 aromatic rings. The largest absolute Gasteiger partial charge is 0.476 e. The molecule has 0 amide bonds. The average molecular weight is 558 g/mol. The lowest BCUT2D eigenvalue weighted by molar-refractivity contribution is -0.148. The Labute approximate surface area is 231 Å². The molecule has 0 unspecified atom stereocenters. The van der Waals surface area contributed by atoms with Crippen LogP contribution in [0.2, 0.25) is 0 Å². The molecule has 0 radical (unpaired) electrons. The number of hydrogen-bond donors (Lipinski definition) is 0. The number of pyridine rings is 2. The van der Waals surface area contributed by atoms with Crippen LogP contribution in [0.25, 0.3) is 22.6 Å². The number of aryl methyl sites for hydroxylation is 1. The topological polar surface area (TPSA) is 110 Å². The van der Waals surface area contributed by atoms with E-state index in [0.29, 0.717) is 24.3 Å². The number of methoxy groups -OCH3 is 1. The monoisotopic (exact) mass is 557 g/mol. The van der Waals surface area contributed by atoms with Gasteiger partial charge in [-0.15, -0.1) is 5.10 Å². The lowest BCUT2D eigenvalue weighted by Crippen LogP contribution is -2.24. The molecule has 0 spiro atoms. The summed E-state index contributed by atoms with van der Waals surface area (Å²) < 4.78 is 24.1. The molecule has 39 heavy (non-hydrogen) atoms. The highest BCUT2D eigenvalue weighted by Crippen LogP contribution is 2.47. The van der Waals surface area contributed by atoms with Crippen molar-refractivity contribution in [3.63, 3.8) is 0 Å². The number of hydrogen-bond acceptors (Lipinski definition) is 9. The molecule has 0 bridgehead atoms. The first-order valence-corrected chi connectivity index (χ1v) is 16.0. The Hall–Kier alpha value is -3.18. The summed E-state index contributed by atoms with van der Waals surface area (Å²) in [6, 6.07) is 6.13. The Morgan fingerprint density at radius 2 is 1.92 bits per heavy atom. The van der Waals surface area contributed by atoms with Crippen LogP contribution in [-0.2, 0) is 21.0 Å². The lowest BCUT2D eigenvalue weighted by Gasteiger charge is -2.24. The SMILES string of the molecule is COC(=O)C1(COc2cc(C)c(-c3ccc(-c4nc(OC(C)C)n(COCCS(C)(C)C)n4)cn3)cn2)CC1. The molecule has 11 heteroatoms. The predicted molar refractivity (Wildman–Crippen MR) is 152 cm³/mol. The summed E-state index contributed by atoms with van der Waals surface area (Å²) in [6.07, 6.45) is 11.8. The molecule has 0 aliphatic heterocycles. The van der Waals surface area contributed by atoms with Gasteiger partial charge in [-0.25, -0.2) is 15.0 Å². The first-order chi connectivity index (χ1) is 18.5. The van der Waals surface area contributed by atoms with E-state index in [1.807, 2.05) is 39.0 Å². The normalized spacial score (nSPS) is 14.8. The van der Waals surface area contributed by atoms with Crippen molar-refractivity contribution < 1.29 is 23.7 Å². The van der Waals surface area contributed by atoms with Crippen LogP contribution in [0.3, 0.4) is 0 Å². The van der Waals surface area contributed by atoms with Crippen molar-refractivity contribution in [2.24, 2.45) is 5.41 Å². The second kappa shape index (κ2) is 11.9. The Morgan fingerprint density at radius 1 is 1.15 bits per heavy atom. The predicted octanol–water partition coefficient (Wildman–Crippen LogP) is 4.50. The zero-order valence-corrected chi connectivity index (χ0v) is 24.7. The summed E-state index contributed by atoms with van der Waals surface area (Å²) in [5, 5.41) is 4.62. The van der Waals surface area contributed by atoms with Gasteiger partial charge in [0.25, 0.3) is 0 Å². The van der Waals surface area contributed by atoms with Crippen molar-refractivity contribution in [1.29, 1.82) is 0 Å². The third kappa shape index (κ3) is 7.48. The van der Waals surface area contributed by atoms with Gasteiger partial charge in [-0.3, -0.25) is 9.78 Å². The standard InChI is InChI=1S/C28H39N5O5S/c1-19(2)38-27-31-25(32-33(27)18-36-12-13-39(5,6)7)21-8-9-23(29-15-21)22-16-30-24(14-20(22)3)37-17-28(10-11-28)26(34)35-4/h8-9,14-16,19H,10-13,17-18H2,1-7H3. The van der Waals surface area contributed by atoms with Gasteiger partial charge in [-0.1, -0.05) is 0 Å². The molecule has 212 valence electrons. The van der Waals surface area contributed by atoms with E-state index in [1.165, 1.54) is 7.11 Å². The van der Waals surface area contributed by atoms with Crippen LogP contribution in [0.15, 0.2) is 30.6 Å². The van der Waals surface area contributed by atoms with Crippen molar-refractivity contribution in [3.8, 4) is 34.5 Å². The van der Waals surface area contributed by atoms with E-state index in [0.717, 1.165) is 41.0 Å². The maximum atomic E-state index is 12.0. The molecule has 0 N–H and O–H groups in total. The molecule has 1 aliphatic rings.